The summed E-state index contributed by atoms with van der Waals surface area (Å²) >= 11 is 0. The second kappa shape index (κ2) is 4.45. The Bertz CT molecular complexity index is 615. The monoisotopic (exact) mass is 223 g/mol. The third-order valence-corrected chi connectivity index (χ3v) is 2.34. The van der Waals surface area contributed by atoms with Crippen LogP contribution in [0.1, 0.15) is 5.56 Å². The van der Waals surface area contributed by atoms with Crippen molar-refractivity contribution < 1.29 is 4.92 Å². The number of nitriles is 1. The van der Waals surface area contributed by atoms with Gasteiger partial charge in [0.1, 0.15) is 0 Å². The van der Waals surface area contributed by atoms with E-state index >= 15 is 0 Å². The first-order chi connectivity index (χ1) is 8.22. The van der Waals surface area contributed by atoms with Crippen molar-refractivity contribution in [2.24, 2.45) is 0 Å². The molecule has 0 aliphatic rings. The minimum atomic E-state index is -0.502. The Hall–Kier alpha value is -2.67. The summed E-state index contributed by atoms with van der Waals surface area (Å²) in [5, 5.41) is 19.6. The van der Waals surface area contributed by atoms with Crippen molar-refractivity contribution in [2.45, 2.75) is 0 Å². The van der Waals surface area contributed by atoms with Gasteiger partial charge in [-0.2, -0.15) is 5.26 Å². The lowest BCUT2D eigenvalue weighted by molar-refractivity contribution is -0.385. The Morgan fingerprint density at radius 1 is 1.29 bits per heavy atom. The van der Waals surface area contributed by atoms with Gasteiger partial charge >= 0.3 is 0 Å². The second-order valence-corrected chi connectivity index (χ2v) is 3.38. The molecule has 2 aromatic carbocycles. The molecule has 0 heterocycles. The van der Waals surface area contributed by atoms with Gasteiger partial charge in [0.05, 0.1) is 22.6 Å². The molecular weight excluding hydrogens is 216 g/mol. The van der Waals surface area contributed by atoms with E-state index in [9.17, 15) is 10.1 Å². The van der Waals surface area contributed by atoms with Crippen molar-refractivity contribution in [3.05, 3.63) is 64.2 Å². The van der Waals surface area contributed by atoms with Crippen molar-refractivity contribution in [3.63, 3.8) is 0 Å². The van der Waals surface area contributed by atoms with Crippen molar-refractivity contribution in [1.29, 1.82) is 5.26 Å². The lowest BCUT2D eigenvalue weighted by Gasteiger charge is -2.03. The average Bonchev–Trinajstić information content (AvgIpc) is 2.39. The third kappa shape index (κ3) is 2.13. The molecule has 81 valence electrons. The van der Waals surface area contributed by atoms with Crippen molar-refractivity contribution in [2.75, 3.05) is 0 Å². The van der Waals surface area contributed by atoms with Crippen LogP contribution in [0.3, 0.4) is 0 Å². The normalized spacial score (nSPS) is 9.59. The molecule has 0 fully saturated rings. The summed E-state index contributed by atoms with van der Waals surface area (Å²) in [6, 6.07) is 16.2. The molecule has 0 atom stereocenters. The highest BCUT2D eigenvalue weighted by molar-refractivity contribution is 5.71. The molecule has 2 rings (SSSR count). The SMILES string of the molecule is N#Cc1ccccc1-c1cc[c]c([N+](=O)[O-])c1. The topological polar surface area (TPSA) is 66.9 Å². The summed E-state index contributed by atoms with van der Waals surface area (Å²) in [7, 11) is 0. The number of rotatable bonds is 2. The maximum absolute atomic E-state index is 10.6. The Labute approximate surface area is 97.9 Å². The maximum atomic E-state index is 10.6. The molecule has 0 bridgehead atoms. The zero-order valence-corrected chi connectivity index (χ0v) is 8.75. The zero-order valence-electron chi connectivity index (χ0n) is 8.75. The molecule has 1 radical (unpaired) electrons. The predicted molar refractivity (Wildman–Crippen MR) is 62.1 cm³/mol. The van der Waals surface area contributed by atoms with Crippen LogP contribution in [0.4, 0.5) is 5.69 Å². The molecule has 4 nitrogen and oxygen atoms in total. The van der Waals surface area contributed by atoms with Gasteiger partial charge in [-0.25, -0.2) is 0 Å². The molecule has 17 heavy (non-hydrogen) atoms. The minimum Gasteiger partial charge on any atom is -0.258 e. The first kappa shape index (κ1) is 10.8. The number of hydrogen-bond donors (Lipinski definition) is 0. The highest BCUT2D eigenvalue weighted by atomic mass is 16.6. The molecule has 0 amide bonds. The van der Waals surface area contributed by atoms with E-state index in [4.69, 9.17) is 5.26 Å². The number of non-ortho nitro benzene ring substituents is 1. The van der Waals surface area contributed by atoms with E-state index < -0.39 is 4.92 Å². The van der Waals surface area contributed by atoms with Gasteiger partial charge in [0.25, 0.3) is 5.69 Å². The number of nitrogens with zero attached hydrogens (tertiary/aromatic N) is 2. The maximum Gasteiger partial charge on any atom is 0.278 e. The van der Waals surface area contributed by atoms with Crippen LogP contribution < -0.4 is 0 Å². The molecule has 0 N–H and O–H groups in total. The Balaban J connectivity index is 2.57. The van der Waals surface area contributed by atoms with Gasteiger partial charge in [0.2, 0.25) is 0 Å². The third-order valence-electron chi connectivity index (χ3n) is 2.34. The van der Waals surface area contributed by atoms with Crippen molar-refractivity contribution in [1.82, 2.24) is 0 Å². The van der Waals surface area contributed by atoms with E-state index in [-0.39, 0.29) is 5.69 Å². The molecule has 0 aromatic heterocycles. The van der Waals surface area contributed by atoms with Crippen LogP contribution in [0.5, 0.6) is 0 Å². The van der Waals surface area contributed by atoms with Crippen LogP contribution in [0, 0.1) is 27.5 Å². The molecule has 4 heteroatoms. The predicted octanol–water partition coefficient (Wildman–Crippen LogP) is 2.93. The van der Waals surface area contributed by atoms with Crippen molar-refractivity contribution in [3.8, 4) is 17.2 Å². The summed E-state index contributed by atoms with van der Waals surface area (Å²) < 4.78 is 0. The summed E-state index contributed by atoms with van der Waals surface area (Å²) in [5.41, 5.74) is 1.72. The standard InChI is InChI=1S/C13H7N2O2/c14-9-11-4-1-2-7-13(11)10-5-3-6-12(8-10)15(16)17/h1-5,7-8H. The summed E-state index contributed by atoms with van der Waals surface area (Å²) in [6.45, 7) is 0. The number of nitro groups is 1. The van der Waals surface area contributed by atoms with Gasteiger partial charge in [-0.3, -0.25) is 10.1 Å². The van der Waals surface area contributed by atoms with Crippen LogP contribution in [-0.4, -0.2) is 4.92 Å². The summed E-state index contributed by atoms with van der Waals surface area (Å²) in [6.07, 6.45) is 0. The lowest BCUT2D eigenvalue weighted by atomic mass is 10.0. The number of nitro benzene ring substituents is 1. The second-order valence-electron chi connectivity index (χ2n) is 3.38. The quantitative estimate of drug-likeness (QED) is 0.580. The smallest absolute Gasteiger partial charge is 0.258 e. The fraction of sp³-hybridized carbons (Fsp3) is 0. The average molecular weight is 223 g/mol. The molecule has 0 aliphatic heterocycles. The van der Waals surface area contributed by atoms with Gasteiger partial charge in [-0.15, -0.1) is 0 Å². The number of hydrogen-bond acceptors (Lipinski definition) is 3. The highest BCUT2D eigenvalue weighted by Gasteiger charge is 2.09. The Kier molecular flexibility index (Phi) is 2.84. The number of benzene rings is 2. The molecule has 0 saturated carbocycles. The van der Waals surface area contributed by atoms with Crippen LogP contribution in [0.15, 0.2) is 42.5 Å². The van der Waals surface area contributed by atoms with E-state index in [1.54, 1.807) is 30.3 Å². The lowest BCUT2D eigenvalue weighted by Crippen LogP contribution is -1.89. The Morgan fingerprint density at radius 3 is 2.76 bits per heavy atom. The van der Waals surface area contributed by atoms with E-state index in [1.807, 2.05) is 0 Å². The summed E-state index contributed by atoms with van der Waals surface area (Å²) in [5.74, 6) is 0. The van der Waals surface area contributed by atoms with Gasteiger partial charge < -0.3 is 0 Å². The first-order valence-electron chi connectivity index (χ1n) is 4.88. The van der Waals surface area contributed by atoms with E-state index in [0.29, 0.717) is 16.7 Å². The van der Waals surface area contributed by atoms with Gasteiger partial charge in [0.15, 0.2) is 0 Å². The Morgan fingerprint density at radius 2 is 2.06 bits per heavy atom. The fourth-order valence-electron chi connectivity index (χ4n) is 1.56. The highest BCUT2D eigenvalue weighted by Crippen LogP contribution is 2.26. The molecule has 0 spiro atoms. The minimum absolute atomic E-state index is 0.102. The molecule has 0 unspecified atom stereocenters. The molecule has 2 aromatic rings. The largest absolute Gasteiger partial charge is 0.278 e. The molecule has 0 aliphatic carbocycles. The summed E-state index contributed by atoms with van der Waals surface area (Å²) in [4.78, 5) is 10.1. The van der Waals surface area contributed by atoms with Crippen LogP contribution >= 0.6 is 0 Å². The molecular formula is C13H7N2O2. The van der Waals surface area contributed by atoms with E-state index in [0.717, 1.165) is 0 Å². The molecule has 0 saturated heterocycles. The zero-order chi connectivity index (χ0) is 12.3. The fourth-order valence-corrected chi connectivity index (χ4v) is 1.56. The van der Waals surface area contributed by atoms with Crippen LogP contribution in [0.25, 0.3) is 11.1 Å². The van der Waals surface area contributed by atoms with Crippen LogP contribution in [0.2, 0.25) is 0 Å². The van der Waals surface area contributed by atoms with E-state index in [1.165, 1.54) is 12.1 Å². The van der Waals surface area contributed by atoms with Crippen molar-refractivity contribution >= 4 is 5.69 Å². The van der Waals surface area contributed by atoms with E-state index in [2.05, 4.69) is 12.1 Å². The first-order valence-corrected chi connectivity index (χ1v) is 4.88. The van der Waals surface area contributed by atoms with Gasteiger partial charge in [0, 0.05) is 6.07 Å². The van der Waals surface area contributed by atoms with Crippen LogP contribution in [-0.2, 0) is 0 Å². The van der Waals surface area contributed by atoms with Gasteiger partial charge in [-0.05, 0) is 23.3 Å². The van der Waals surface area contributed by atoms with Gasteiger partial charge in [-0.1, -0.05) is 24.3 Å².